The first-order valence-corrected chi connectivity index (χ1v) is 5.89. The van der Waals surface area contributed by atoms with Crippen LogP contribution in [-0.2, 0) is 9.53 Å². The minimum atomic E-state index is -0.929. The van der Waals surface area contributed by atoms with Crippen molar-refractivity contribution < 1.29 is 14.6 Å². The van der Waals surface area contributed by atoms with E-state index in [2.05, 4.69) is 6.58 Å². The Morgan fingerprint density at radius 3 is 2.67 bits per heavy atom. The van der Waals surface area contributed by atoms with E-state index in [0.29, 0.717) is 0 Å². The number of hydrogen-bond acceptors (Lipinski definition) is 3. The van der Waals surface area contributed by atoms with E-state index in [-0.39, 0.29) is 6.61 Å². The average molecular weight is 246 g/mol. The Hall–Kier alpha value is -1.87. The molecule has 1 aromatic rings. The van der Waals surface area contributed by atoms with Crippen molar-refractivity contribution in [3.8, 4) is 0 Å². The molecule has 18 heavy (non-hydrogen) atoms. The highest BCUT2D eigenvalue weighted by atomic mass is 16.5. The SMILES string of the molecule is C=CC(C(=O)OCC)C(O)/C=C/c1ccccc1. The Morgan fingerprint density at radius 2 is 2.11 bits per heavy atom. The lowest BCUT2D eigenvalue weighted by Crippen LogP contribution is -2.26. The van der Waals surface area contributed by atoms with E-state index in [1.165, 1.54) is 6.08 Å². The number of rotatable bonds is 6. The molecular formula is C15H18O3. The molecule has 0 spiro atoms. The monoisotopic (exact) mass is 246 g/mol. The lowest BCUT2D eigenvalue weighted by atomic mass is 10.0. The molecule has 1 rings (SSSR count). The third-order valence-corrected chi connectivity index (χ3v) is 2.47. The van der Waals surface area contributed by atoms with E-state index >= 15 is 0 Å². The molecule has 0 saturated carbocycles. The molecule has 0 aliphatic carbocycles. The summed E-state index contributed by atoms with van der Waals surface area (Å²) in [6.07, 6.45) is 3.80. The fraction of sp³-hybridized carbons (Fsp3) is 0.267. The van der Waals surface area contributed by atoms with Gasteiger partial charge in [-0.05, 0) is 12.5 Å². The van der Waals surface area contributed by atoms with Gasteiger partial charge in [0, 0.05) is 0 Å². The summed E-state index contributed by atoms with van der Waals surface area (Å²) in [6.45, 7) is 5.56. The zero-order valence-corrected chi connectivity index (χ0v) is 10.5. The molecule has 1 N–H and O–H groups in total. The van der Waals surface area contributed by atoms with Crippen LogP contribution >= 0.6 is 0 Å². The quantitative estimate of drug-likeness (QED) is 0.619. The molecule has 3 nitrogen and oxygen atoms in total. The highest BCUT2D eigenvalue weighted by molar-refractivity contribution is 5.75. The van der Waals surface area contributed by atoms with E-state index in [0.717, 1.165) is 5.56 Å². The number of benzene rings is 1. The molecule has 96 valence electrons. The van der Waals surface area contributed by atoms with E-state index < -0.39 is 18.0 Å². The van der Waals surface area contributed by atoms with Gasteiger partial charge in [0.1, 0.15) is 5.92 Å². The van der Waals surface area contributed by atoms with Crippen LogP contribution < -0.4 is 0 Å². The van der Waals surface area contributed by atoms with Crippen LogP contribution in [0.15, 0.2) is 49.1 Å². The van der Waals surface area contributed by atoms with E-state index in [1.807, 2.05) is 30.3 Å². The molecule has 0 saturated heterocycles. The molecular weight excluding hydrogens is 228 g/mol. The molecule has 2 atom stereocenters. The average Bonchev–Trinajstić information content (AvgIpc) is 2.39. The second-order valence-corrected chi connectivity index (χ2v) is 3.77. The fourth-order valence-corrected chi connectivity index (χ4v) is 1.51. The zero-order chi connectivity index (χ0) is 13.4. The van der Waals surface area contributed by atoms with Gasteiger partial charge >= 0.3 is 5.97 Å². The van der Waals surface area contributed by atoms with Gasteiger partial charge in [-0.15, -0.1) is 6.58 Å². The normalized spacial score (nSPS) is 14.1. The topological polar surface area (TPSA) is 46.5 Å². The number of carbonyl (C=O) groups excluding carboxylic acids is 1. The van der Waals surface area contributed by atoms with Crippen molar-refractivity contribution in [1.29, 1.82) is 0 Å². The summed E-state index contributed by atoms with van der Waals surface area (Å²) in [4.78, 5) is 11.5. The summed E-state index contributed by atoms with van der Waals surface area (Å²) in [6, 6.07) is 9.55. The predicted octanol–water partition coefficient (Wildman–Crippen LogP) is 2.43. The van der Waals surface area contributed by atoms with Gasteiger partial charge in [-0.1, -0.05) is 48.6 Å². The van der Waals surface area contributed by atoms with E-state index in [1.54, 1.807) is 19.1 Å². The first kappa shape index (κ1) is 14.2. The Balaban J connectivity index is 2.68. The fourth-order valence-electron chi connectivity index (χ4n) is 1.51. The third kappa shape index (κ3) is 4.18. The summed E-state index contributed by atoms with van der Waals surface area (Å²) in [5, 5.41) is 9.91. The lowest BCUT2D eigenvalue weighted by molar-refractivity contribution is -0.148. The highest BCUT2D eigenvalue weighted by Gasteiger charge is 2.22. The summed E-state index contributed by atoms with van der Waals surface area (Å²) in [5.74, 6) is -1.19. The second kappa shape index (κ2) is 7.45. The van der Waals surface area contributed by atoms with E-state index in [4.69, 9.17) is 4.74 Å². The Morgan fingerprint density at radius 1 is 1.44 bits per heavy atom. The van der Waals surface area contributed by atoms with Crippen LogP contribution in [0.5, 0.6) is 0 Å². The third-order valence-electron chi connectivity index (χ3n) is 2.47. The van der Waals surface area contributed by atoms with Crippen molar-refractivity contribution in [2.45, 2.75) is 13.0 Å². The first-order valence-electron chi connectivity index (χ1n) is 5.89. The van der Waals surface area contributed by atoms with E-state index in [9.17, 15) is 9.90 Å². The Kier molecular flexibility index (Phi) is 5.88. The molecule has 0 radical (unpaired) electrons. The highest BCUT2D eigenvalue weighted by Crippen LogP contribution is 2.11. The van der Waals surface area contributed by atoms with Crippen molar-refractivity contribution in [3.63, 3.8) is 0 Å². The number of carbonyl (C=O) groups is 1. The maximum atomic E-state index is 11.5. The lowest BCUT2D eigenvalue weighted by Gasteiger charge is -2.14. The molecule has 2 unspecified atom stereocenters. The van der Waals surface area contributed by atoms with Gasteiger partial charge in [-0.2, -0.15) is 0 Å². The van der Waals surface area contributed by atoms with Crippen molar-refractivity contribution >= 4 is 12.0 Å². The molecule has 0 aromatic heterocycles. The number of hydrogen-bond donors (Lipinski definition) is 1. The maximum Gasteiger partial charge on any atom is 0.315 e. The Labute approximate surface area is 107 Å². The molecule has 0 bridgehead atoms. The van der Waals surface area contributed by atoms with Crippen molar-refractivity contribution in [2.75, 3.05) is 6.61 Å². The summed E-state index contributed by atoms with van der Waals surface area (Å²) < 4.78 is 4.86. The smallest absolute Gasteiger partial charge is 0.315 e. The minimum absolute atomic E-state index is 0.290. The molecule has 3 heteroatoms. The van der Waals surface area contributed by atoms with Crippen LogP contribution in [0.1, 0.15) is 12.5 Å². The summed E-state index contributed by atoms with van der Waals surface area (Å²) in [5.41, 5.74) is 0.961. The van der Waals surface area contributed by atoms with Gasteiger partial charge in [-0.3, -0.25) is 4.79 Å². The molecule has 0 aliphatic heterocycles. The van der Waals surface area contributed by atoms with Gasteiger partial charge in [0.2, 0.25) is 0 Å². The molecule has 0 amide bonds. The molecule has 0 heterocycles. The van der Waals surface area contributed by atoms with Crippen molar-refractivity contribution in [1.82, 2.24) is 0 Å². The van der Waals surface area contributed by atoms with Crippen LogP contribution in [0.4, 0.5) is 0 Å². The molecule has 1 aromatic carbocycles. The summed E-state index contributed by atoms with van der Waals surface area (Å²) in [7, 11) is 0. The van der Waals surface area contributed by atoms with Gasteiger partial charge in [0.05, 0.1) is 12.7 Å². The van der Waals surface area contributed by atoms with Crippen LogP contribution in [0.25, 0.3) is 6.08 Å². The first-order chi connectivity index (χ1) is 8.69. The van der Waals surface area contributed by atoms with Crippen LogP contribution in [-0.4, -0.2) is 23.8 Å². The summed E-state index contributed by atoms with van der Waals surface area (Å²) >= 11 is 0. The van der Waals surface area contributed by atoms with Gasteiger partial charge < -0.3 is 9.84 Å². The number of aliphatic hydroxyl groups is 1. The number of ether oxygens (including phenoxy) is 1. The second-order valence-electron chi connectivity index (χ2n) is 3.77. The van der Waals surface area contributed by atoms with Crippen LogP contribution in [0.3, 0.4) is 0 Å². The predicted molar refractivity (Wildman–Crippen MR) is 71.8 cm³/mol. The van der Waals surface area contributed by atoms with Gasteiger partial charge in [0.25, 0.3) is 0 Å². The maximum absolute atomic E-state index is 11.5. The Bertz CT molecular complexity index is 409. The minimum Gasteiger partial charge on any atom is -0.465 e. The number of aliphatic hydroxyl groups excluding tert-OH is 1. The molecule has 0 fully saturated rings. The largest absolute Gasteiger partial charge is 0.465 e. The van der Waals surface area contributed by atoms with Gasteiger partial charge in [0.15, 0.2) is 0 Å². The van der Waals surface area contributed by atoms with Crippen LogP contribution in [0, 0.1) is 5.92 Å². The van der Waals surface area contributed by atoms with Crippen LogP contribution in [0.2, 0.25) is 0 Å². The standard InChI is InChI=1S/C15H18O3/c1-3-13(15(17)18-4-2)14(16)11-10-12-8-6-5-7-9-12/h3,5-11,13-14,16H,1,4H2,2H3/b11-10+. The number of esters is 1. The zero-order valence-electron chi connectivity index (χ0n) is 10.5. The molecule has 0 aliphatic rings. The van der Waals surface area contributed by atoms with Crippen molar-refractivity contribution in [3.05, 3.63) is 54.6 Å². The van der Waals surface area contributed by atoms with Gasteiger partial charge in [-0.25, -0.2) is 0 Å². The van der Waals surface area contributed by atoms with Crippen molar-refractivity contribution in [2.24, 2.45) is 5.92 Å².